The van der Waals surface area contributed by atoms with E-state index in [1.54, 1.807) is 6.07 Å². The van der Waals surface area contributed by atoms with Crippen molar-refractivity contribution in [1.29, 1.82) is 0 Å². The Hall–Kier alpha value is -1.41. The number of benzene rings is 1. The topological polar surface area (TPSA) is 70.3 Å². The Bertz CT molecular complexity index is 760. The molecular formula is C16H17ClFN3O2S. The monoisotopic (exact) mass is 369 g/mol. The molecule has 2 aromatic rings. The molecule has 1 atom stereocenters. The van der Waals surface area contributed by atoms with Gasteiger partial charge >= 0.3 is 0 Å². The van der Waals surface area contributed by atoms with Crippen molar-refractivity contribution < 1.29 is 13.9 Å². The molecule has 8 heteroatoms. The van der Waals surface area contributed by atoms with Crippen molar-refractivity contribution in [2.24, 2.45) is 0 Å². The van der Waals surface area contributed by atoms with Crippen LogP contribution in [0.15, 0.2) is 29.3 Å². The van der Waals surface area contributed by atoms with Crippen molar-refractivity contribution in [2.75, 3.05) is 18.1 Å². The number of rotatable bonds is 4. The Balaban J connectivity index is 1.72. The highest BCUT2D eigenvalue weighted by atomic mass is 35.5. The van der Waals surface area contributed by atoms with Crippen molar-refractivity contribution in [3.8, 4) is 11.3 Å². The van der Waals surface area contributed by atoms with Gasteiger partial charge in [-0.15, -0.1) is 10.2 Å². The van der Waals surface area contributed by atoms with E-state index < -0.39 is 11.6 Å². The average molecular weight is 370 g/mol. The van der Waals surface area contributed by atoms with Crippen molar-refractivity contribution in [2.45, 2.75) is 30.8 Å². The first-order chi connectivity index (χ1) is 11.3. The van der Waals surface area contributed by atoms with Crippen LogP contribution in [0.2, 0.25) is 5.02 Å². The van der Waals surface area contributed by atoms with E-state index in [-0.39, 0.29) is 11.7 Å². The summed E-state index contributed by atoms with van der Waals surface area (Å²) in [6.45, 7) is 4.28. The molecule has 2 heterocycles. The van der Waals surface area contributed by atoms with Crippen molar-refractivity contribution in [3.05, 3.63) is 35.1 Å². The van der Waals surface area contributed by atoms with Crippen molar-refractivity contribution in [3.63, 3.8) is 0 Å². The lowest BCUT2D eigenvalue weighted by Crippen LogP contribution is -2.22. The van der Waals surface area contributed by atoms with Crippen LogP contribution in [0.25, 0.3) is 11.3 Å². The summed E-state index contributed by atoms with van der Waals surface area (Å²) in [6, 6.07) is 5.86. The first kappa shape index (κ1) is 17.4. The summed E-state index contributed by atoms with van der Waals surface area (Å²) in [7, 11) is 0. The maximum atomic E-state index is 13.9. The highest BCUT2D eigenvalue weighted by Gasteiger charge is 2.32. The van der Waals surface area contributed by atoms with Crippen LogP contribution in [-0.2, 0) is 9.47 Å². The molecule has 5 nitrogen and oxygen atoms in total. The largest absolute Gasteiger partial charge is 0.396 e. The molecule has 0 amide bonds. The van der Waals surface area contributed by atoms with E-state index in [0.717, 1.165) is 0 Å². The third kappa shape index (κ3) is 3.97. The third-order valence-electron chi connectivity index (χ3n) is 3.47. The van der Waals surface area contributed by atoms with E-state index in [0.29, 0.717) is 33.8 Å². The SMILES string of the molecule is CC1(C)OCC(CSc2nnc(-c3cc(Cl)ccc3F)cc2N)O1. The molecule has 128 valence electrons. The summed E-state index contributed by atoms with van der Waals surface area (Å²) in [5, 5.41) is 9.17. The smallest absolute Gasteiger partial charge is 0.163 e. The van der Waals surface area contributed by atoms with Gasteiger partial charge in [0.25, 0.3) is 0 Å². The lowest BCUT2D eigenvalue weighted by molar-refractivity contribution is -0.135. The zero-order valence-corrected chi connectivity index (χ0v) is 14.8. The summed E-state index contributed by atoms with van der Waals surface area (Å²) < 4.78 is 25.2. The molecule has 24 heavy (non-hydrogen) atoms. The fourth-order valence-electron chi connectivity index (χ4n) is 2.35. The normalized spacial score (nSPS) is 19.6. The second-order valence-electron chi connectivity index (χ2n) is 5.88. The molecule has 0 aliphatic carbocycles. The number of nitrogens with two attached hydrogens (primary N) is 1. The van der Waals surface area contributed by atoms with Crippen LogP contribution in [0.3, 0.4) is 0 Å². The molecule has 2 N–H and O–H groups in total. The van der Waals surface area contributed by atoms with Gasteiger partial charge in [-0.1, -0.05) is 23.4 Å². The van der Waals surface area contributed by atoms with Crippen LogP contribution in [-0.4, -0.2) is 34.4 Å². The number of nitrogen functional groups attached to an aromatic ring is 1. The van der Waals surface area contributed by atoms with Gasteiger partial charge in [0.2, 0.25) is 0 Å². The number of anilines is 1. The van der Waals surface area contributed by atoms with Gasteiger partial charge in [-0.05, 0) is 38.1 Å². The number of thioether (sulfide) groups is 1. The quantitative estimate of drug-likeness (QED) is 0.827. The van der Waals surface area contributed by atoms with E-state index in [1.807, 2.05) is 13.8 Å². The van der Waals surface area contributed by atoms with Crippen LogP contribution in [0, 0.1) is 5.82 Å². The number of ether oxygens (including phenoxy) is 2. The van der Waals surface area contributed by atoms with E-state index in [4.69, 9.17) is 26.8 Å². The van der Waals surface area contributed by atoms with Crippen LogP contribution in [0.5, 0.6) is 0 Å². The minimum atomic E-state index is -0.559. The Morgan fingerprint density at radius 1 is 1.38 bits per heavy atom. The Morgan fingerprint density at radius 3 is 2.83 bits per heavy atom. The van der Waals surface area contributed by atoms with Crippen molar-refractivity contribution >= 4 is 29.1 Å². The summed E-state index contributed by atoms with van der Waals surface area (Å²) >= 11 is 7.34. The van der Waals surface area contributed by atoms with Crippen LogP contribution >= 0.6 is 23.4 Å². The highest BCUT2D eigenvalue weighted by molar-refractivity contribution is 7.99. The number of aromatic nitrogens is 2. The first-order valence-electron chi connectivity index (χ1n) is 7.37. The molecule has 1 aromatic carbocycles. The van der Waals surface area contributed by atoms with Gasteiger partial charge in [0.05, 0.1) is 24.1 Å². The molecule has 1 unspecified atom stereocenters. The number of halogens is 2. The molecule has 1 saturated heterocycles. The summed E-state index contributed by atoms with van der Waals surface area (Å²) in [5.41, 5.74) is 7.08. The molecule has 0 spiro atoms. The standard InChI is InChI=1S/C16H17ClFN3O2S/c1-16(2)22-7-10(23-16)8-24-15-13(19)6-14(20-21-15)11-5-9(17)3-4-12(11)18/h3-6,10H,7-8H2,1-2H3,(H2,19,20). The fraction of sp³-hybridized carbons (Fsp3) is 0.375. The molecule has 1 aliphatic heterocycles. The molecule has 0 saturated carbocycles. The summed E-state index contributed by atoms with van der Waals surface area (Å²) in [6.07, 6.45) is -0.0312. The minimum Gasteiger partial charge on any atom is -0.396 e. The first-order valence-corrected chi connectivity index (χ1v) is 8.73. The molecule has 0 radical (unpaired) electrons. The van der Waals surface area contributed by atoms with Gasteiger partial charge in [-0.3, -0.25) is 0 Å². The van der Waals surface area contributed by atoms with Crippen LogP contribution in [0.1, 0.15) is 13.8 Å². The maximum Gasteiger partial charge on any atom is 0.163 e. The Morgan fingerprint density at radius 2 is 2.17 bits per heavy atom. The van der Waals surface area contributed by atoms with Gasteiger partial charge in [0.1, 0.15) is 10.8 Å². The lowest BCUT2D eigenvalue weighted by Gasteiger charge is -2.16. The van der Waals surface area contributed by atoms with E-state index in [2.05, 4.69) is 10.2 Å². The minimum absolute atomic E-state index is 0.0312. The Kier molecular flexibility index (Phi) is 4.96. The van der Waals surface area contributed by atoms with Gasteiger partial charge in [0, 0.05) is 16.3 Å². The molecule has 1 fully saturated rings. The van der Waals surface area contributed by atoms with E-state index >= 15 is 0 Å². The summed E-state index contributed by atoms with van der Waals surface area (Å²) in [5.74, 6) is -0.337. The van der Waals surface area contributed by atoms with Crippen molar-refractivity contribution in [1.82, 2.24) is 10.2 Å². The number of hydrogen-bond donors (Lipinski definition) is 1. The van der Waals surface area contributed by atoms with Crippen LogP contribution < -0.4 is 5.73 Å². The molecule has 1 aliphatic rings. The predicted molar refractivity (Wildman–Crippen MR) is 92.5 cm³/mol. The highest BCUT2D eigenvalue weighted by Crippen LogP contribution is 2.31. The molecule has 1 aromatic heterocycles. The average Bonchev–Trinajstić information content (AvgIpc) is 2.87. The van der Waals surface area contributed by atoms with Gasteiger partial charge in [-0.25, -0.2) is 4.39 Å². The van der Waals surface area contributed by atoms with Gasteiger partial charge in [0.15, 0.2) is 5.79 Å². The second-order valence-corrected chi connectivity index (χ2v) is 7.32. The molecule has 3 rings (SSSR count). The third-order valence-corrected chi connectivity index (χ3v) is 4.83. The zero-order chi connectivity index (χ0) is 17.3. The van der Waals surface area contributed by atoms with E-state index in [1.165, 1.54) is 30.0 Å². The number of hydrogen-bond acceptors (Lipinski definition) is 6. The van der Waals surface area contributed by atoms with Gasteiger partial charge < -0.3 is 15.2 Å². The zero-order valence-electron chi connectivity index (χ0n) is 13.3. The molecule has 0 bridgehead atoms. The van der Waals surface area contributed by atoms with Crippen LogP contribution in [0.4, 0.5) is 10.1 Å². The predicted octanol–water partition coefficient (Wildman–Crippen LogP) is 3.76. The lowest BCUT2D eigenvalue weighted by atomic mass is 10.1. The fourth-order valence-corrected chi connectivity index (χ4v) is 3.35. The molecular weight excluding hydrogens is 353 g/mol. The maximum absolute atomic E-state index is 13.9. The Labute approximate surface area is 148 Å². The second kappa shape index (κ2) is 6.84. The number of nitrogens with zero attached hydrogens (tertiary/aromatic N) is 2. The van der Waals surface area contributed by atoms with E-state index in [9.17, 15) is 4.39 Å². The van der Waals surface area contributed by atoms with Gasteiger partial charge in [-0.2, -0.15) is 0 Å². The summed E-state index contributed by atoms with van der Waals surface area (Å²) in [4.78, 5) is 0.